The number of benzene rings is 1. The van der Waals surface area contributed by atoms with Gasteiger partial charge in [-0.2, -0.15) is 0 Å². The molecule has 0 bridgehead atoms. The lowest BCUT2D eigenvalue weighted by molar-refractivity contribution is -0.142. The van der Waals surface area contributed by atoms with Crippen LogP contribution >= 0.6 is 11.6 Å². The van der Waals surface area contributed by atoms with Gasteiger partial charge in [0.15, 0.2) is 5.72 Å². The van der Waals surface area contributed by atoms with E-state index >= 15 is 0 Å². The fraction of sp³-hybridized carbons (Fsp3) is 0.571. The molecule has 9 nitrogen and oxygen atoms in total. The molecule has 6 atom stereocenters. The van der Waals surface area contributed by atoms with Gasteiger partial charge in [0.2, 0.25) is 0 Å². The summed E-state index contributed by atoms with van der Waals surface area (Å²) in [5.41, 5.74) is 0.764. The van der Waals surface area contributed by atoms with Gasteiger partial charge in [-0.05, 0) is 44.4 Å². The number of carbonyl (C=O) groups is 2. The number of methoxy groups -OCH3 is 2. The highest BCUT2D eigenvalue weighted by molar-refractivity contribution is 6.34. The van der Waals surface area contributed by atoms with Crippen LogP contribution in [-0.2, 0) is 25.4 Å². The maximum Gasteiger partial charge on any atom is 0.409 e. The van der Waals surface area contributed by atoms with Crippen molar-refractivity contribution in [1.82, 2.24) is 5.32 Å². The van der Waals surface area contributed by atoms with Crippen molar-refractivity contribution in [1.29, 1.82) is 0 Å². The number of cyclic esters (lactones) is 1. The lowest BCUT2D eigenvalue weighted by Gasteiger charge is -2.42. The Balaban J connectivity index is 1.68. The molecule has 2 aliphatic rings. The van der Waals surface area contributed by atoms with E-state index in [0.717, 1.165) is 23.1 Å². The summed E-state index contributed by atoms with van der Waals surface area (Å²) >= 11 is 6.32. The number of alkyl carbamates (subject to hydrolysis) is 1. The van der Waals surface area contributed by atoms with Crippen molar-refractivity contribution >= 4 is 29.7 Å². The average Bonchev–Trinajstić information content (AvgIpc) is 3.56. The number of amides is 1. The molecular weight excluding hydrogens is 512 g/mol. The van der Waals surface area contributed by atoms with Gasteiger partial charge in [-0.3, -0.25) is 5.32 Å². The van der Waals surface area contributed by atoms with Crippen molar-refractivity contribution in [3.63, 3.8) is 0 Å². The molecule has 1 aromatic rings. The summed E-state index contributed by atoms with van der Waals surface area (Å²) in [6, 6.07) is 3.87. The predicted molar refractivity (Wildman–Crippen MR) is 146 cm³/mol. The Morgan fingerprint density at radius 2 is 2.13 bits per heavy atom. The van der Waals surface area contributed by atoms with Crippen LogP contribution in [-0.4, -0.2) is 68.4 Å². The van der Waals surface area contributed by atoms with Crippen LogP contribution in [0.1, 0.15) is 45.6 Å². The third-order valence-corrected chi connectivity index (χ3v) is 7.71. The fourth-order valence-electron chi connectivity index (χ4n) is 5.11. The number of halogens is 1. The molecular formula is C28H39ClN2O7. The molecule has 210 valence electrons. The van der Waals surface area contributed by atoms with Crippen molar-refractivity contribution in [2.75, 3.05) is 26.6 Å². The third-order valence-electron chi connectivity index (χ3n) is 7.32. The molecule has 0 radical (unpaired) electrons. The van der Waals surface area contributed by atoms with E-state index in [1.165, 1.54) is 7.11 Å². The van der Waals surface area contributed by atoms with E-state index in [2.05, 4.69) is 10.6 Å². The summed E-state index contributed by atoms with van der Waals surface area (Å²) in [7, 11) is 4.86. The largest absolute Gasteiger partial charge is 0.495 e. The maximum absolute atomic E-state index is 12.4. The molecule has 0 aliphatic carbocycles. The Labute approximate surface area is 229 Å². The molecule has 2 unspecified atom stereocenters. The summed E-state index contributed by atoms with van der Waals surface area (Å²) < 4.78 is 22.3. The topological polar surface area (TPSA) is 119 Å². The Kier molecular flexibility index (Phi) is 9.86. The van der Waals surface area contributed by atoms with Crippen molar-refractivity contribution in [2.24, 2.45) is 5.92 Å². The lowest BCUT2D eigenvalue weighted by Crippen LogP contribution is -2.63. The highest BCUT2D eigenvalue weighted by Crippen LogP contribution is 2.47. The fourth-order valence-corrected chi connectivity index (χ4v) is 5.39. The molecule has 1 aromatic carbocycles. The quantitative estimate of drug-likeness (QED) is 0.188. The number of ether oxygens (including phenoxy) is 4. The number of hydrogen-bond acceptors (Lipinski definition) is 8. The number of rotatable bonds is 13. The van der Waals surface area contributed by atoms with Crippen LogP contribution in [0.2, 0.25) is 5.02 Å². The second-order valence-electron chi connectivity index (χ2n) is 10.3. The summed E-state index contributed by atoms with van der Waals surface area (Å²) in [5, 5.41) is 17.5. The molecule has 2 saturated heterocycles. The first-order valence-electron chi connectivity index (χ1n) is 12.7. The van der Waals surface area contributed by atoms with E-state index in [1.54, 1.807) is 26.3 Å². The molecule has 2 aliphatic heterocycles. The van der Waals surface area contributed by atoms with Crippen molar-refractivity contribution in [3.8, 4) is 5.75 Å². The van der Waals surface area contributed by atoms with Crippen LogP contribution in [0.4, 0.5) is 10.5 Å². The second-order valence-corrected chi connectivity index (χ2v) is 10.6. The van der Waals surface area contributed by atoms with Gasteiger partial charge in [0.1, 0.15) is 29.3 Å². The number of carbonyl (C=O) groups excluding carboxylic acids is 2. The molecule has 1 amide bonds. The Morgan fingerprint density at radius 1 is 1.39 bits per heavy atom. The summed E-state index contributed by atoms with van der Waals surface area (Å²) in [6.45, 7) is 5.86. The van der Waals surface area contributed by atoms with Crippen LogP contribution in [0.25, 0.3) is 0 Å². The molecule has 0 spiro atoms. The molecule has 0 saturated carbocycles. The number of epoxide rings is 1. The maximum atomic E-state index is 12.4. The standard InChI is InChI=1S/C28H39ClN2O7/c1-17(13-19-14-20(30-4)24(29)21(15-19)35-5)9-7-10-23(36-6)28(34)16-22(37-26(33)31-28)18(2)25-27(3,38-25)11-8-12-32/h7,9-10,12,14-15,18,22-23,25,30,34H,8,11,13,16H2,1-6H3,(H,31,33)/b10-7+,17-9+/t18-,22?,23-,25?,27+,28+/m1/s1. The normalized spacial score (nSPS) is 28.8. The van der Waals surface area contributed by atoms with E-state index in [-0.39, 0.29) is 18.4 Å². The molecule has 38 heavy (non-hydrogen) atoms. The SMILES string of the molecule is CNc1cc(C/C(C)=C/C=C/[C@@H](OC)[C@@]2(O)CC([C@@H](C)C3O[C@@]3(C)CCC=O)OC(=O)N2)cc(OC)c1Cl. The van der Waals surface area contributed by atoms with Gasteiger partial charge in [-0.1, -0.05) is 42.3 Å². The first-order valence-corrected chi connectivity index (χ1v) is 13.1. The number of aldehydes is 1. The van der Waals surface area contributed by atoms with Crippen molar-refractivity contribution < 1.29 is 33.6 Å². The molecule has 0 aromatic heterocycles. The summed E-state index contributed by atoms with van der Waals surface area (Å²) in [5.74, 6) is 0.421. The molecule has 10 heteroatoms. The van der Waals surface area contributed by atoms with Crippen LogP contribution in [0.3, 0.4) is 0 Å². The van der Waals surface area contributed by atoms with Crippen molar-refractivity contribution in [3.05, 3.63) is 46.5 Å². The van der Waals surface area contributed by atoms with Gasteiger partial charge in [0.05, 0.1) is 24.5 Å². The number of anilines is 1. The zero-order valence-corrected chi connectivity index (χ0v) is 23.6. The van der Waals surface area contributed by atoms with Crippen LogP contribution < -0.4 is 15.4 Å². The van der Waals surface area contributed by atoms with Crippen LogP contribution in [0.15, 0.2) is 35.9 Å². The van der Waals surface area contributed by atoms with Gasteiger partial charge in [0.25, 0.3) is 0 Å². The van der Waals surface area contributed by atoms with Crippen LogP contribution in [0.5, 0.6) is 5.75 Å². The van der Waals surface area contributed by atoms with Crippen LogP contribution in [0, 0.1) is 5.92 Å². The lowest BCUT2D eigenvalue weighted by atomic mass is 9.85. The Bertz CT molecular complexity index is 1050. The minimum Gasteiger partial charge on any atom is -0.495 e. The predicted octanol–water partition coefficient (Wildman–Crippen LogP) is 4.41. The molecule has 3 rings (SSSR count). The Hall–Kier alpha value is -2.59. The summed E-state index contributed by atoms with van der Waals surface area (Å²) in [6.07, 6.45) is 5.80. The molecule has 2 heterocycles. The first-order chi connectivity index (χ1) is 18.0. The minimum atomic E-state index is -1.67. The van der Waals surface area contributed by atoms with Gasteiger partial charge < -0.3 is 34.2 Å². The smallest absolute Gasteiger partial charge is 0.409 e. The molecule has 2 fully saturated rings. The van der Waals surface area contributed by atoms with Gasteiger partial charge >= 0.3 is 6.09 Å². The van der Waals surface area contributed by atoms with E-state index < -0.39 is 29.6 Å². The zero-order valence-electron chi connectivity index (χ0n) is 22.9. The highest BCUT2D eigenvalue weighted by atomic mass is 35.5. The van der Waals surface area contributed by atoms with E-state index in [1.807, 2.05) is 39.0 Å². The van der Waals surface area contributed by atoms with E-state index in [4.69, 9.17) is 30.5 Å². The Morgan fingerprint density at radius 3 is 2.76 bits per heavy atom. The monoisotopic (exact) mass is 550 g/mol. The number of nitrogens with one attached hydrogen (secondary N) is 2. The third kappa shape index (κ3) is 6.88. The second kappa shape index (κ2) is 12.5. The number of aliphatic hydroxyl groups is 1. The average molecular weight is 551 g/mol. The summed E-state index contributed by atoms with van der Waals surface area (Å²) in [4.78, 5) is 23.2. The van der Waals surface area contributed by atoms with Gasteiger partial charge in [-0.15, -0.1) is 0 Å². The van der Waals surface area contributed by atoms with E-state index in [0.29, 0.717) is 30.0 Å². The molecule has 3 N–H and O–H groups in total. The van der Waals surface area contributed by atoms with Gasteiger partial charge in [0, 0.05) is 32.9 Å². The number of allylic oxidation sites excluding steroid dienone is 3. The first kappa shape index (κ1) is 30.0. The van der Waals surface area contributed by atoms with Crippen molar-refractivity contribution in [2.45, 2.75) is 76.1 Å². The number of hydrogen-bond donors (Lipinski definition) is 3. The van der Waals surface area contributed by atoms with Gasteiger partial charge in [-0.25, -0.2) is 4.79 Å². The van der Waals surface area contributed by atoms with E-state index in [9.17, 15) is 14.7 Å². The highest BCUT2D eigenvalue weighted by Gasteiger charge is 2.58. The minimum absolute atomic E-state index is 0.117. The zero-order chi connectivity index (χ0) is 28.1.